The number of aromatic nitrogens is 1. The van der Waals surface area contributed by atoms with Crippen molar-refractivity contribution in [1.29, 1.82) is 0 Å². The molecule has 1 aromatic rings. The zero-order valence-corrected chi connectivity index (χ0v) is 13.8. The smallest absolute Gasteiger partial charge is 0.0798 e. The third-order valence-electron chi connectivity index (χ3n) is 3.09. The van der Waals surface area contributed by atoms with Crippen molar-refractivity contribution in [3.05, 3.63) is 16.1 Å². The molecule has 1 N–H and O–H groups in total. The first kappa shape index (κ1) is 16.6. The number of nitrogens with zero attached hydrogens (tertiary/aromatic N) is 2. The largest absolute Gasteiger partial charge is 0.383 e. The van der Waals surface area contributed by atoms with Crippen molar-refractivity contribution in [2.75, 3.05) is 27.3 Å². The molecule has 0 radical (unpaired) electrons. The van der Waals surface area contributed by atoms with Gasteiger partial charge in [-0.15, -0.1) is 11.3 Å². The maximum absolute atomic E-state index is 5.35. The molecule has 0 aliphatic heterocycles. The Morgan fingerprint density at radius 3 is 2.63 bits per heavy atom. The minimum Gasteiger partial charge on any atom is -0.383 e. The van der Waals surface area contributed by atoms with Gasteiger partial charge in [0.1, 0.15) is 0 Å². The van der Waals surface area contributed by atoms with Crippen molar-refractivity contribution >= 4 is 11.3 Å². The number of nitrogens with one attached hydrogen (secondary N) is 1. The Morgan fingerprint density at radius 2 is 2.16 bits per heavy atom. The van der Waals surface area contributed by atoms with Gasteiger partial charge in [0.05, 0.1) is 17.8 Å². The van der Waals surface area contributed by atoms with E-state index in [2.05, 4.69) is 49.9 Å². The second-order valence-corrected chi connectivity index (χ2v) is 6.96. The lowest BCUT2D eigenvalue weighted by Crippen LogP contribution is -2.48. The lowest BCUT2D eigenvalue weighted by Gasteiger charge is -2.31. The van der Waals surface area contributed by atoms with Gasteiger partial charge >= 0.3 is 0 Å². The quantitative estimate of drug-likeness (QED) is 0.834. The van der Waals surface area contributed by atoms with Crippen molar-refractivity contribution in [3.63, 3.8) is 0 Å². The highest BCUT2D eigenvalue weighted by atomic mass is 32.1. The molecule has 0 saturated carbocycles. The first-order valence-corrected chi connectivity index (χ1v) is 7.54. The van der Waals surface area contributed by atoms with Crippen LogP contribution in [0.25, 0.3) is 0 Å². The van der Waals surface area contributed by atoms with E-state index in [1.807, 2.05) is 5.51 Å². The van der Waals surface area contributed by atoms with Crippen molar-refractivity contribution in [3.8, 4) is 0 Å². The molecule has 0 aliphatic rings. The lowest BCUT2D eigenvalue weighted by atomic mass is 10.1. The second kappa shape index (κ2) is 7.33. The maximum Gasteiger partial charge on any atom is 0.0798 e. The van der Waals surface area contributed by atoms with Crippen LogP contribution in [0.4, 0.5) is 0 Å². The van der Waals surface area contributed by atoms with Crippen molar-refractivity contribution in [2.45, 2.75) is 45.8 Å². The van der Waals surface area contributed by atoms with Crippen LogP contribution in [0.5, 0.6) is 0 Å². The van der Waals surface area contributed by atoms with E-state index in [9.17, 15) is 0 Å². The first-order valence-electron chi connectivity index (χ1n) is 6.66. The summed E-state index contributed by atoms with van der Waals surface area (Å²) in [6.07, 6.45) is 0. The summed E-state index contributed by atoms with van der Waals surface area (Å²) in [6, 6.07) is 0.366. The van der Waals surface area contributed by atoms with Gasteiger partial charge in [-0.2, -0.15) is 0 Å². The van der Waals surface area contributed by atoms with Crippen LogP contribution in [0.15, 0.2) is 5.51 Å². The van der Waals surface area contributed by atoms with Gasteiger partial charge in [-0.1, -0.05) is 0 Å². The molecule has 110 valence electrons. The molecule has 4 nitrogen and oxygen atoms in total. The minimum atomic E-state index is 0.132. The number of ether oxygens (including phenoxy) is 1. The van der Waals surface area contributed by atoms with Gasteiger partial charge in [0.2, 0.25) is 0 Å². The van der Waals surface area contributed by atoms with E-state index >= 15 is 0 Å². The van der Waals surface area contributed by atoms with Crippen LogP contribution in [0.2, 0.25) is 0 Å². The monoisotopic (exact) mass is 285 g/mol. The molecule has 1 aromatic heterocycles. The zero-order chi connectivity index (χ0) is 14.5. The van der Waals surface area contributed by atoms with E-state index in [-0.39, 0.29) is 5.54 Å². The highest BCUT2D eigenvalue weighted by molar-refractivity contribution is 7.09. The number of hydrogen-bond acceptors (Lipinski definition) is 5. The number of methoxy groups -OCH3 is 1. The fourth-order valence-corrected chi connectivity index (χ4v) is 2.63. The van der Waals surface area contributed by atoms with Gasteiger partial charge < -0.3 is 10.1 Å². The Labute approximate surface area is 121 Å². The third-order valence-corrected chi connectivity index (χ3v) is 4.01. The fourth-order valence-electron chi connectivity index (χ4n) is 1.79. The Bertz CT molecular complexity index is 373. The molecular weight excluding hydrogens is 258 g/mol. The topological polar surface area (TPSA) is 37.4 Å². The number of aryl methyl sites for hydroxylation is 1. The van der Waals surface area contributed by atoms with Crippen LogP contribution < -0.4 is 5.32 Å². The molecule has 19 heavy (non-hydrogen) atoms. The van der Waals surface area contributed by atoms with Crippen LogP contribution in [-0.2, 0) is 11.3 Å². The summed E-state index contributed by atoms with van der Waals surface area (Å²) in [5, 5.41) is 3.55. The summed E-state index contributed by atoms with van der Waals surface area (Å²) in [5.74, 6) is 0. The van der Waals surface area contributed by atoms with E-state index in [0.717, 1.165) is 25.4 Å². The van der Waals surface area contributed by atoms with E-state index in [1.54, 1.807) is 18.4 Å². The molecule has 0 bridgehead atoms. The third kappa shape index (κ3) is 5.99. The highest BCUT2D eigenvalue weighted by Gasteiger charge is 2.19. The molecule has 0 fully saturated rings. The van der Waals surface area contributed by atoms with Gasteiger partial charge in [0, 0.05) is 36.7 Å². The second-order valence-electron chi connectivity index (χ2n) is 6.02. The van der Waals surface area contributed by atoms with Crippen LogP contribution in [-0.4, -0.2) is 48.8 Å². The van der Waals surface area contributed by atoms with Gasteiger partial charge in [-0.3, -0.25) is 4.90 Å². The Morgan fingerprint density at radius 1 is 1.47 bits per heavy atom. The molecule has 0 saturated heterocycles. The van der Waals surface area contributed by atoms with Gasteiger partial charge in [0.15, 0.2) is 0 Å². The Balaban J connectivity index is 2.57. The van der Waals surface area contributed by atoms with E-state index in [1.165, 1.54) is 4.88 Å². The van der Waals surface area contributed by atoms with E-state index in [4.69, 9.17) is 4.74 Å². The summed E-state index contributed by atoms with van der Waals surface area (Å²) in [6.45, 7) is 11.2. The number of likely N-dealkylation sites (N-methyl/N-ethyl adjacent to an activating group) is 1. The predicted molar refractivity (Wildman–Crippen MR) is 81.7 cm³/mol. The van der Waals surface area contributed by atoms with E-state index < -0.39 is 0 Å². The summed E-state index contributed by atoms with van der Waals surface area (Å²) < 4.78 is 5.35. The highest BCUT2D eigenvalue weighted by Crippen LogP contribution is 2.15. The molecule has 0 spiro atoms. The Hall–Kier alpha value is -0.490. The summed E-state index contributed by atoms with van der Waals surface area (Å²) in [5.41, 5.74) is 3.18. The first-order chi connectivity index (χ1) is 8.83. The fraction of sp³-hybridized carbons (Fsp3) is 0.786. The van der Waals surface area contributed by atoms with Crippen LogP contribution in [0.1, 0.15) is 31.3 Å². The van der Waals surface area contributed by atoms with Gasteiger partial charge in [-0.05, 0) is 34.7 Å². The SMILES string of the molecule is COCC(CNC(C)(C)C)N(C)Cc1scnc1C. The van der Waals surface area contributed by atoms with E-state index in [0.29, 0.717) is 6.04 Å². The van der Waals surface area contributed by atoms with Gasteiger partial charge in [-0.25, -0.2) is 4.98 Å². The summed E-state index contributed by atoms with van der Waals surface area (Å²) in [7, 11) is 3.91. The van der Waals surface area contributed by atoms with Crippen LogP contribution >= 0.6 is 11.3 Å². The average Bonchev–Trinajstić information content (AvgIpc) is 2.69. The molecule has 1 heterocycles. The molecule has 0 aliphatic carbocycles. The lowest BCUT2D eigenvalue weighted by molar-refractivity contribution is 0.0976. The average molecular weight is 285 g/mol. The summed E-state index contributed by atoms with van der Waals surface area (Å²) in [4.78, 5) is 7.97. The predicted octanol–water partition coefficient (Wildman–Crippen LogP) is 2.29. The molecule has 5 heteroatoms. The summed E-state index contributed by atoms with van der Waals surface area (Å²) >= 11 is 1.72. The molecule has 0 aromatic carbocycles. The molecular formula is C14H27N3OS. The number of hydrogen-bond donors (Lipinski definition) is 1. The number of thiazole rings is 1. The standard InChI is InChI=1S/C14H27N3OS/c1-11-13(19-10-15-11)8-17(5)12(9-18-6)7-16-14(2,3)4/h10,12,16H,7-9H2,1-6H3. The number of rotatable bonds is 7. The minimum absolute atomic E-state index is 0.132. The molecule has 1 atom stereocenters. The molecule has 1 rings (SSSR count). The van der Waals surface area contributed by atoms with Crippen LogP contribution in [0, 0.1) is 6.92 Å². The van der Waals surface area contributed by atoms with Crippen molar-refractivity contribution in [1.82, 2.24) is 15.2 Å². The van der Waals surface area contributed by atoms with Gasteiger partial charge in [0.25, 0.3) is 0 Å². The normalized spacial score (nSPS) is 14.1. The molecule has 0 amide bonds. The molecule has 1 unspecified atom stereocenters. The zero-order valence-electron chi connectivity index (χ0n) is 13.0. The van der Waals surface area contributed by atoms with Crippen molar-refractivity contribution in [2.24, 2.45) is 0 Å². The van der Waals surface area contributed by atoms with Crippen molar-refractivity contribution < 1.29 is 4.74 Å². The Kier molecular flexibility index (Phi) is 6.39. The maximum atomic E-state index is 5.35. The van der Waals surface area contributed by atoms with Crippen LogP contribution in [0.3, 0.4) is 0 Å².